The van der Waals surface area contributed by atoms with E-state index in [1.54, 1.807) is 0 Å². The van der Waals surface area contributed by atoms with E-state index in [0.717, 1.165) is 19.0 Å². The third-order valence-corrected chi connectivity index (χ3v) is 2.88. The van der Waals surface area contributed by atoms with Crippen LogP contribution in [-0.2, 0) is 0 Å². The van der Waals surface area contributed by atoms with Crippen molar-refractivity contribution in [1.29, 1.82) is 0 Å². The fraction of sp³-hybridized carbons (Fsp3) is 0.600. The number of nitrogens with zero attached hydrogens (tertiary/aromatic N) is 3. The average molecular weight is 238 g/mol. The zero-order valence-corrected chi connectivity index (χ0v) is 9.33. The van der Waals surface area contributed by atoms with Crippen LogP contribution < -0.4 is 10.5 Å². The van der Waals surface area contributed by atoms with Gasteiger partial charge in [-0.05, 0) is 18.8 Å². The quantitative estimate of drug-likeness (QED) is 0.630. The van der Waals surface area contributed by atoms with E-state index in [0.29, 0.717) is 12.5 Å². The fourth-order valence-corrected chi connectivity index (χ4v) is 1.98. The lowest BCUT2D eigenvalue weighted by molar-refractivity contribution is -0.386. The number of hydrogen-bond acceptors (Lipinski definition) is 6. The molecule has 1 aromatic rings. The molecular weight excluding hydrogens is 224 g/mol. The molecule has 1 saturated carbocycles. The summed E-state index contributed by atoms with van der Waals surface area (Å²) >= 11 is 0. The molecule has 17 heavy (non-hydrogen) atoms. The van der Waals surface area contributed by atoms with Crippen LogP contribution in [0.1, 0.15) is 25.7 Å². The number of rotatable bonds is 4. The van der Waals surface area contributed by atoms with Gasteiger partial charge in [-0.15, -0.1) is 0 Å². The van der Waals surface area contributed by atoms with Gasteiger partial charge < -0.3 is 10.5 Å². The summed E-state index contributed by atoms with van der Waals surface area (Å²) in [5, 5.41) is 10.7. The first kappa shape index (κ1) is 11.6. The topological polar surface area (TPSA) is 104 Å². The molecule has 0 unspecified atom stereocenters. The molecule has 1 heterocycles. The third-order valence-electron chi connectivity index (χ3n) is 2.88. The molecule has 7 heteroatoms. The standard InChI is InChI=1S/C10H14N4O3/c11-10-12-5-8(14(15)16)9(13-10)17-6-7-3-1-2-4-7/h5,7H,1-4,6H2,(H2,11,12,13). The molecule has 0 saturated heterocycles. The minimum absolute atomic E-state index is 0.0166. The molecule has 1 fully saturated rings. The molecule has 0 aliphatic heterocycles. The maximum absolute atomic E-state index is 10.7. The Bertz CT molecular complexity index is 418. The van der Waals surface area contributed by atoms with Crippen LogP contribution in [0.15, 0.2) is 6.20 Å². The van der Waals surface area contributed by atoms with Crippen molar-refractivity contribution in [3.05, 3.63) is 16.3 Å². The Morgan fingerprint density at radius 2 is 2.24 bits per heavy atom. The van der Waals surface area contributed by atoms with Crippen LogP contribution in [0.2, 0.25) is 0 Å². The summed E-state index contributed by atoms with van der Waals surface area (Å²) in [5.74, 6) is 0.414. The Hall–Kier alpha value is -1.92. The number of nitrogens with two attached hydrogens (primary N) is 1. The number of ether oxygens (including phenoxy) is 1. The van der Waals surface area contributed by atoms with Crippen LogP contribution in [0.4, 0.5) is 11.6 Å². The van der Waals surface area contributed by atoms with Crippen molar-refractivity contribution in [2.45, 2.75) is 25.7 Å². The predicted molar refractivity (Wildman–Crippen MR) is 60.6 cm³/mol. The minimum Gasteiger partial charge on any atom is -0.472 e. The number of nitrogen functional groups attached to an aromatic ring is 1. The number of aromatic nitrogens is 2. The molecule has 0 radical (unpaired) electrons. The first-order chi connectivity index (χ1) is 8.16. The molecule has 0 amide bonds. The first-order valence-electron chi connectivity index (χ1n) is 5.56. The van der Waals surface area contributed by atoms with E-state index in [-0.39, 0.29) is 17.5 Å². The maximum atomic E-state index is 10.7. The van der Waals surface area contributed by atoms with Gasteiger partial charge in [0.15, 0.2) is 0 Å². The second kappa shape index (κ2) is 4.94. The smallest absolute Gasteiger partial charge is 0.349 e. The summed E-state index contributed by atoms with van der Waals surface area (Å²) in [6.07, 6.45) is 5.68. The van der Waals surface area contributed by atoms with Gasteiger partial charge in [-0.2, -0.15) is 4.98 Å². The molecule has 7 nitrogen and oxygen atoms in total. The van der Waals surface area contributed by atoms with E-state index in [4.69, 9.17) is 10.5 Å². The second-order valence-electron chi connectivity index (χ2n) is 4.14. The summed E-state index contributed by atoms with van der Waals surface area (Å²) in [6, 6.07) is 0. The Balaban J connectivity index is 2.07. The van der Waals surface area contributed by atoms with Gasteiger partial charge in [0.2, 0.25) is 5.95 Å². The number of hydrogen-bond donors (Lipinski definition) is 1. The normalized spacial score (nSPS) is 16.0. The Labute approximate surface area is 98.2 Å². The molecule has 0 aromatic carbocycles. The van der Waals surface area contributed by atoms with Crippen molar-refractivity contribution in [3.8, 4) is 5.88 Å². The van der Waals surface area contributed by atoms with Crippen molar-refractivity contribution >= 4 is 11.6 Å². The summed E-state index contributed by atoms with van der Waals surface area (Å²) in [6.45, 7) is 0.456. The average Bonchev–Trinajstić information content (AvgIpc) is 2.78. The van der Waals surface area contributed by atoms with Crippen LogP contribution in [0.3, 0.4) is 0 Å². The molecule has 2 N–H and O–H groups in total. The van der Waals surface area contributed by atoms with Crippen LogP contribution >= 0.6 is 0 Å². The van der Waals surface area contributed by atoms with Crippen molar-refractivity contribution in [3.63, 3.8) is 0 Å². The van der Waals surface area contributed by atoms with Gasteiger partial charge in [-0.3, -0.25) is 10.1 Å². The second-order valence-corrected chi connectivity index (χ2v) is 4.14. The van der Waals surface area contributed by atoms with Gasteiger partial charge in [-0.1, -0.05) is 12.8 Å². The van der Waals surface area contributed by atoms with Crippen LogP contribution in [0, 0.1) is 16.0 Å². The highest BCUT2D eigenvalue weighted by Gasteiger charge is 2.21. The summed E-state index contributed by atoms with van der Waals surface area (Å²) in [7, 11) is 0. The highest BCUT2D eigenvalue weighted by atomic mass is 16.6. The van der Waals surface area contributed by atoms with E-state index in [9.17, 15) is 10.1 Å². The largest absolute Gasteiger partial charge is 0.472 e. The molecular formula is C10H14N4O3. The first-order valence-corrected chi connectivity index (χ1v) is 5.56. The van der Waals surface area contributed by atoms with E-state index in [1.807, 2.05) is 0 Å². The Morgan fingerprint density at radius 3 is 2.88 bits per heavy atom. The van der Waals surface area contributed by atoms with Crippen molar-refractivity contribution < 1.29 is 9.66 Å². The molecule has 1 aromatic heterocycles. The van der Waals surface area contributed by atoms with Crippen molar-refractivity contribution in [2.24, 2.45) is 5.92 Å². The lowest BCUT2D eigenvalue weighted by Gasteiger charge is -2.10. The van der Waals surface area contributed by atoms with Crippen LogP contribution in [-0.4, -0.2) is 21.5 Å². The highest BCUT2D eigenvalue weighted by Crippen LogP contribution is 2.28. The van der Waals surface area contributed by atoms with Crippen LogP contribution in [0.5, 0.6) is 5.88 Å². The lowest BCUT2D eigenvalue weighted by Crippen LogP contribution is -2.11. The highest BCUT2D eigenvalue weighted by molar-refractivity contribution is 5.41. The number of nitro groups is 1. The van der Waals surface area contributed by atoms with Gasteiger partial charge in [0.25, 0.3) is 5.88 Å². The van der Waals surface area contributed by atoms with E-state index >= 15 is 0 Å². The van der Waals surface area contributed by atoms with Crippen molar-refractivity contribution in [2.75, 3.05) is 12.3 Å². The van der Waals surface area contributed by atoms with Gasteiger partial charge >= 0.3 is 5.69 Å². The van der Waals surface area contributed by atoms with Crippen molar-refractivity contribution in [1.82, 2.24) is 9.97 Å². The molecule has 0 atom stereocenters. The fourth-order valence-electron chi connectivity index (χ4n) is 1.98. The molecule has 0 spiro atoms. The SMILES string of the molecule is Nc1ncc([N+](=O)[O-])c(OCC2CCCC2)n1. The Morgan fingerprint density at radius 1 is 1.53 bits per heavy atom. The summed E-state index contributed by atoms with van der Waals surface area (Å²) in [4.78, 5) is 17.5. The molecule has 92 valence electrons. The molecule has 1 aliphatic rings. The summed E-state index contributed by atoms with van der Waals surface area (Å²) in [5.41, 5.74) is 5.15. The van der Waals surface area contributed by atoms with Crippen LogP contribution in [0.25, 0.3) is 0 Å². The number of anilines is 1. The van der Waals surface area contributed by atoms with Gasteiger partial charge in [-0.25, -0.2) is 4.98 Å². The lowest BCUT2D eigenvalue weighted by atomic mass is 10.1. The van der Waals surface area contributed by atoms with E-state index in [2.05, 4.69) is 9.97 Å². The monoisotopic (exact) mass is 238 g/mol. The van der Waals surface area contributed by atoms with Gasteiger partial charge in [0, 0.05) is 0 Å². The van der Waals surface area contributed by atoms with Gasteiger partial charge in [0.05, 0.1) is 11.5 Å². The molecule has 0 bridgehead atoms. The maximum Gasteiger partial charge on any atom is 0.349 e. The molecule has 2 rings (SSSR count). The zero-order valence-electron chi connectivity index (χ0n) is 9.33. The minimum atomic E-state index is -0.566. The Kier molecular flexibility index (Phi) is 3.36. The molecule has 1 aliphatic carbocycles. The van der Waals surface area contributed by atoms with Gasteiger partial charge in [0.1, 0.15) is 6.20 Å². The van der Waals surface area contributed by atoms with E-state index in [1.165, 1.54) is 12.8 Å². The zero-order chi connectivity index (χ0) is 12.3. The summed E-state index contributed by atoms with van der Waals surface area (Å²) < 4.78 is 5.39. The third kappa shape index (κ3) is 2.80. The van der Waals surface area contributed by atoms with E-state index < -0.39 is 4.92 Å². The predicted octanol–water partition coefficient (Wildman–Crippen LogP) is 1.54.